The van der Waals surface area contributed by atoms with E-state index in [-0.39, 0.29) is 28.6 Å². The summed E-state index contributed by atoms with van der Waals surface area (Å²) in [6.07, 6.45) is 0. The molecule has 1 radical (unpaired) electrons. The van der Waals surface area contributed by atoms with Gasteiger partial charge in [0.05, 0.1) is 16.8 Å². The first-order chi connectivity index (χ1) is 6.45. The van der Waals surface area contributed by atoms with Gasteiger partial charge in [0.1, 0.15) is 5.75 Å². The molecule has 2 unspecified atom stereocenters. The Kier molecular flexibility index (Phi) is 10.9. The summed E-state index contributed by atoms with van der Waals surface area (Å²) < 4.78 is 0. The van der Waals surface area contributed by atoms with Crippen LogP contribution in [0.2, 0.25) is 0 Å². The van der Waals surface area contributed by atoms with E-state index in [1.165, 1.54) is 10.8 Å². The molecule has 0 rings (SSSR count). The molecule has 0 saturated heterocycles. The van der Waals surface area contributed by atoms with Gasteiger partial charge in [-0.3, -0.25) is 0 Å². The second-order valence-electron chi connectivity index (χ2n) is 2.44. The average Bonchev–Trinajstić information content (AvgIpc) is 2.11. The molecule has 9 heteroatoms. The summed E-state index contributed by atoms with van der Waals surface area (Å²) in [5.74, 6) is -1.42. The van der Waals surface area contributed by atoms with E-state index in [0.717, 1.165) is 0 Å². The predicted molar refractivity (Wildman–Crippen MR) is 59.5 cm³/mol. The van der Waals surface area contributed by atoms with Crippen LogP contribution >= 0.6 is 10.8 Å². The molecular formula is C6H13CuN2O4S2+3. The Hall–Kier alpha value is 0.0795. The summed E-state index contributed by atoms with van der Waals surface area (Å²) in [7, 11) is 1.92. The van der Waals surface area contributed by atoms with E-state index in [1.807, 2.05) is 0 Å². The standard InChI is InChI=1S/C6H10N2O4S2.Cu/c7-3(5(9)10)1-13-14-2-4(8)6(11)12;/h3-4,7-8H,1-2H2,(H,9,10)(H,11,12);/q-2;+2/p+3. The van der Waals surface area contributed by atoms with Gasteiger partial charge in [-0.15, -0.1) is 0 Å². The van der Waals surface area contributed by atoms with Crippen molar-refractivity contribution in [2.75, 3.05) is 11.5 Å². The third-order valence-corrected chi connectivity index (χ3v) is 3.84. The van der Waals surface area contributed by atoms with Gasteiger partial charge in [0.2, 0.25) is 0 Å². The maximum Gasteiger partial charge on any atom is 2.00 e. The van der Waals surface area contributed by atoms with Crippen molar-refractivity contribution in [2.45, 2.75) is 12.1 Å². The van der Waals surface area contributed by atoms with Crippen LogP contribution in [-0.4, -0.2) is 45.7 Å². The average molecular weight is 305 g/mol. The van der Waals surface area contributed by atoms with Gasteiger partial charge in [0, 0.05) is 32.2 Å². The fourth-order valence-corrected chi connectivity index (χ4v) is 2.77. The van der Waals surface area contributed by atoms with Crippen LogP contribution in [0, 0.1) is 0 Å². The molecule has 91 valence electrons. The van der Waals surface area contributed by atoms with Crippen LogP contribution in [-0.2, 0) is 37.5 Å². The molecular weight excluding hydrogens is 292 g/mol. The minimum Gasteiger partial charge on any atom is -0.660 e. The first-order valence-electron chi connectivity index (χ1n) is 3.67. The SMILES string of the molecule is [Cu+2].[NH-]C(CS[SH+]CC([NH-])C(=O)[OH2+])C(=O)[OH2+]. The van der Waals surface area contributed by atoms with E-state index >= 15 is 0 Å². The van der Waals surface area contributed by atoms with E-state index in [4.69, 9.17) is 21.7 Å². The maximum atomic E-state index is 10.3. The predicted octanol–water partition coefficient (Wildman–Crippen LogP) is -1.21. The largest absolute Gasteiger partial charge is 2.00 e. The smallest absolute Gasteiger partial charge is 0.660 e. The van der Waals surface area contributed by atoms with Gasteiger partial charge in [0.25, 0.3) is 0 Å². The van der Waals surface area contributed by atoms with E-state index in [2.05, 4.69) is 0 Å². The zero-order valence-electron chi connectivity index (χ0n) is 7.54. The summed E-state index contributed by atoms with van der Waals surface area (Å²) in [5, 5.41) is 13.2. The minimum absolute atomic E-state index is 0. The van der Waals surface area contributed by atoms with Gasteiger partial charge >= 0.3 is 29.0 Å². The Labute approximate surface area is 105 Å². The van der Waals surface area contributed by atoms with Crippen molar-refractivity contribution in [1.82, 2.24) is 0 Å². The first-order valence-corrected chi connectivity index (χ1v) is 6.34. The molecule has 15 heavy (non-hydrogen) atoms. The molecule has 0 bridgehead atoms. The summed E-state index contributed by atoms with van der Waals surface area (Å²) in [4.78, 5) is 20.6. The normalized spacial score (nSPS) is 13.7. The molecule has 6 N–H and O–H groups in total. The van der Waals surface area contributed by atoms with Gasteiger partial charge in [0.15, 0.2) is 0 Å². The fraction of sp³-hybridized carbons (Fsp3) is 0.667. The van der Waals surface area contributed by atoms with Gasteiger partial charge in [-0.25, -0.2) is 0 Å². The van der Waals surface area contributed by atoms with Crippen LogP contribution in [0.15, 0.2) is 0 Å². The molecule has 0 saturated carbocycles. The molecule has 0 aromatic carbocycles. The number of hydrogen-bond acceptors (Lipinski definition) is 3. The summed E-state index contributed by atoms with van der Waals surface area (Å²) in [6.45, 7) is 0. The Balaban J connectivity index is 0. The molecule has 6 nitrogen and oxygen atoms in total. The van der Waals surface area contributed by atoms with Crippen LogP contribution in [0.5, 0.6) is 0 Å². The molecule has 0 aromatic heterocycles. The van der Waals surface area contributed by atoms with E-state index in [0.29, 0.717) is 10.8 Å². The van der Waals surface area contributed by atoms with E-state index < -0.39 is 24.0 Å². The van der Waals surface area contributed by atoms with Crippen molar-refractivity contribution < 1.29 is 36.9 Å². The Bertz CT molecular complexity index is 197. The van der Waals surface area contributed by atoms with Gasteiger partial charge < -0.3 is 21.7 Å². The summed E-state index contributed by atoms with van der Waals surface area (Å²) in [5.41, 5.74) is 14.2. The van der Waals surface area contributed by atoms with Gasteiger partial charge in [-0.05, 0) is 0 Å². The quantitative estimate of drug-likeness (QED) is 0.192. The number of hydrogen-bond donors (Lipinski definition) is 0. The van der Waals surface area contributed by atoms with Crippen molar-refractivity contribution in [3.8, 4) is 0 Å². The van der Waals surface area contributed by atoms with Crippen molar-refractivity contribution in [1.29, 1.82) is 0 Å². The second-order valence-corrected chi connectivity index (χ2v) is 5.21. The Morgan fingerprint density at radius 3 is 2.07 bits per heavy atom. The molecule has 0 spiro atoms. The first kappa shape index (κ1) is 17.5. The Morgan fingerprint density at radius 2 is 1.67 bits per heavy atom. The van der Waals surface area contributed by atoms with Gasteiger partial charge in [-0.2, -0.15) is 0 Å². The van der Waals surface area contributed by atoms with Crippen LogP contribution in [0.25, 0.3) is 11.5 Å². The van der Waals surface area contributed by atoms with E-state index in [9.17, 15) is 9.59 Å². The van der Waals surface area contributed by atoms with Crippen LogP contribution in [0.4, 0.5) is 0 Å². The molecule has 0 aliphatic rings. The molecule has 0 aliphatic carbocycles. The number of carbonyl (C=O) groups excluding carboxylic acids is 2. The van der Waals surface area contributed by atoms with Crippen molar-refractivity contribution in [3.05, 3.63) is 11.5 Å². The zero-order chi connectivity index (χ0) is 11.1. The Morgan fingerprint density at radius 1 is 1.20 bits per heavy atom. The molecule has 0 heterocycles. The third-order valence-electron chi connectivity index (χ3n) is 1.22. The second kappa shape index (κ2) is 9.32. The number of rotatable bonds is 7. The molecule has 0 amide bonds. The third kappa shape index (κ3) is 9.03. The molecule has 0 aromatic rings. The van der Waals surface area contributed by atoms with Gasteiger partial charge in [-0.1, -0.05) is 0 Å². The van der Waals surface area contributed by atoms with Crippen molar-refractivity contribution in [3.63, 3.8) is 0 Å². The molecule has 0 aliphatic heterocycles. The number of thiol groups is 1. The number of nitrogens with one attached hydrogen (secondary N) is 2. The zero-order valence-corrected chi connectivity index (χ0v) is 10.2. The van der Waals surface area contributed by atoms with Crippen LogP contribution in [0.3, 0.4) is 0 Å². The molecule has 0 fully saturated rings. The van der Waals surface area contributed by atoms with Crippen molar-refractivity contribution in [2.24, 2.45) is 0 Å². The van der Waals surface area contributed by atoms with Crippen molar-refractivity contribution >= 4 is 33.5 Å². The van der Waals surface area contributed by atoms with Crippen LogP contribution < -0.4 is 0 Å². The van der Waals surface area contributed by atoms with E-state index in [1.54, 1.807) is 0 Å². The molecule has 2 atom stereocenters. The monoisotopic (exact) mass is 304 g/mol. The topological polar surface area (TPSA) is 128 Å². The number of carbonyl (C=O) groups is 2. The summed E-state index contributed by atoms with van der Waals surface area (Å²) >= 11 is 0. The summed E-state index contributed by atoms with van der Waals surface area (Å²) in [6, 6.07) is -2.09. The van der Waals surface area contributed by atoms with Crippen LogP contribution in [0.1, 0.15) is 0 Å². The maximum absolute atomic E-state index is 10.3. The minimum atomic E-state index is -1.05. The fourth-order valence-electron chi connectivity index (χ4n) is 0.413.